The molecule has 0 spiro atoms. The lowest BCUT2D eigenvalue weighted by Crippen LogP contribution is -2.25. The van der Waals surface area contributed by atoms with Crippen molar-refractivity contribution in [2.75, 3.05) is 32.8 Å². The Balaban J connectivity index is 3.43. The van der Waals surface area contributed by atoms with Crippen LogP contribution >= 0.6 is 0 Å². The fourth-order valence-electron chi connectivity index (χ4n) is 4.98. The minimum Gasteiger partial charge on any atom is -0.466 e. The molecule has 232 valence electrons. The van der Waals surface area contributed by atoms with Crippen LogP contribution in [0.3, 0.4) is 0 Å². The Kier molecular flexibility index (Phi) is 30.5. The summed E-state index contributed by atoms with van der Waals surface area (Å²) < 4.78 is 10.7. The molecule has 39 heavy (non-hydrogen) atoms. The van der Waals surface area contributed by atoms with E-state index in [1.54, 1.807) is 0 Å². The average Bonchev–Trinajstić information content (AvgIpc) is 2.94. The highest BCUT2D eigenvalue weighted by Crippen LogP contribution is 2.12. The molecule has 0 amide bonds. The second-order valence-corrected chi connectivity index (χ2v) is 11.4. The molecule has 5 nitrogen and oxygen atoms in total. The number of carbonyl (C=O) groups is 2. The molecule has 0 aromatic rings. The van der Waals surface area contributed by atoms with E-state index in [9.17, 15) is 9.59 Å². The van der Waals surface area contributed by atoms with E-state index in [2.05, 4.69) is 25.7 Å². The van der Waals surface area contributed by atoms with Gasteiger partial charge in [0.25, 0.3) is 0 Å². The summed E-state index contributed by atoms with van der Waals surface area (Å²) in [6, 6.07) is 0. The van der Waals surface area contributed by atoms with E-state index in [0.29, 0.717) is 26.1 Å². The third-order valence-electron chi connectivity index (χ3n) is 7.68. The van der Waals surface area contributed by atoms with Crippen molar-refractivity contribution in [1.29, 1.82) is 0 Å². The molecule has 0 saturated heterocycles. The van der Waals surface area contributed by atoms with Gasteiger partial charge in [-0.15, -0.1) is 0 Å². The molecule has 5 heteroatoms. The van der Waals surface area contributed by atoms with Gasteiger partial charge in [-0.3, -0.25) is 9.59 Å². The number of ether oxygens (including phenoxy) is 2. The smallest absolute Gasteiger partial charge is 0.305 e. The third-order valence-corrected chi connectivity index (χ3v) is 7.68. The van der Waals surface area contributed by atoms with E-state index in [1.165, 1.54) is 116 Å². The number of esters is 2. The van der Waals surface area contributed by atoms with E-state index >= 15 is 0 Å². The third kappa shape index (κ3) is 29.7. The van der Waals surface area contributed by atoms with E-state index in [1.807, 2.05) is 0 Å². The lowest BCUT2D eigenvalue weighted by atomic mass is 10.1. The topological polar surface area (TPSA) is 55.8 Å². The first-order valence-corrected chi connectivity index (χ1v) is 17.2. The van der Waals surface area contributed by atoms with Crippen LogP contribution in [-0.4, -0.2) is 49.7 Å². The number of rotatable bonds is 31. The first-order valence-electron chi connectivity index (χ1n) is 17.2. The maximum atomic E-state index is 11.8. The van der Waals surface area contributed by atoms with E-state index in [-0.39, 0.29) is 11.9 Å². The van der Waals surface area contributed by atoms with Gasteiger partial charge >= 0.3 is 11.9 Å². The second kappa shape index (κ2) is 31.4. The molecule has 0 fully saturated rings. The molecule has 0 N–H and O–H groups in total. The van der Waals surface area contributed by atoms with Crippen LogP contribution in [0.15, 0.2) is 0 Å². The van der Waals surface area contributed by atoms with Crippen molar-refractivity contribution in [3.8, 4) is 0 Å². The number of hydrogen-bond donors (Lipinski definition) is 0. The molecular formula is C34H67NO4. The normalized spacial score (nSPS) is 11.3. The summed E-state index contributed by atoms with van der Waals surface area (Å²) in [5.74, 6) is -0.0137. The lowest BCUT2D eigenvalue weighted by molar-refractivity contribution is -0.144. The molecule has 0 aliphatic carbocycles. The Labute approximate surface area is 243 Å². The van der Waals surface area contributed by atoms with Crippen molar-refractivity contribution in [1.82, 2.24) is 4.90 Å². The highest BCUT2D eigenvalue weighted by atomic mass is 16.5. The summed E-state index contributed by atoms with van der Waals surface area (Å²) in [7, 11) is 0. The van der Waals surface area contributed by atoms with Gasteiger partial charge in [0, 0.05) is 12.8 Å². The number of unbranched alkanes of at least 4 members (excludes halogenated alkanes) is 18. The minimum atomic E-state index is -0.00687. The zero-order valence-corrected chi connectivity index (χ0v) is 26.6. The van der Waals surface area contributed by atoms with Crippen LogP contribution in [0.4, 0.5) is 0 Å². The molecule has 0 heterocycles. The van der Waals surface area contributed by atoms with Crippen molar-refractivity contribution < 1.29 is 19.1 Å². The van der Waals surface area contributed by atoms with Crippen molar-refractivity contribution >= 4 is 11.9 Å². The monoisotopic (exact) mass is 554 g/mol. The van der Waals surface area contributed by atoms with Crippen molar-refractivity contribution in [2.45, 2.75) is 175 Å². The number of hydrogen-bond acceptors (Lipinski definition) is 5. The molecule has 0 saturated carbocycles. The molecule has 0 aromatic carbocycles. The molecule has 0 unspecified atom stereocenters. The first kappa shape index (κ1) is 37.9. The second-order valence-electron chi connectivity index (χ2n) is 11.4. The van der Waals surface area contributed by atoms with Crippen LogP contribution in [0.5, 0.6) is 0 Å². The van der Waals surface area contributed by atoms with Gasteiger partial charge in [-0.25, -0.2) is 0 Å². The first-order chi connectivity index (χ1) is 19.1. The van der Waals surface area contributed by atoms with E-state index in [4.69, 9.17) is 9.47 Å². The van der Waals surface area contributed by atoms with Crippen LogP contribution in [-0.2, 0) is 19.1 Å². The van der Waals surface area contributed by atoms with Gasteiger partial charge in [0.05, 0.1) is 13.2 Å². The predicted molar refractivity (Wildman–Crippen MR) is 166 cm³/mol. The minimum absolute atomic E-state index is 0.00687. The highest BCUT2D eigenvalue weighted by Gasteiger charge is 2.05. The Morgan fingerprint density at radius 1 is 0.436 bits per heavy atom. The molecule has 0 radical (unpaired) electrons. The molecule has 0 aromatic heterocycles. The zero-order chi connectivity index (χ0) is 28.7. The summed E-state index contributed by atoms with van der Waals surface area (Å²) in [6.07, 6.45) is 27.5. The summed E-state index contributed by atoms with van der Waals surface area (Å²) in [5, 5.41) is 0. The molecular weight excluding hydrogens is 486 g/mol. The quantitative estimate of drug-likeness (QED) is 0.0631. The van der Waals surface area contributed by atoms with Gasteiger partial charge in [-0.05, 0) is 58.2 Å². The number of nitrogens with zero attached hydrogens (tertiary/aromatic N) is 1. The van der Waals surface area contributed by atoms with Gasteiger partial charge in [-0.1, -0.05) is 124 Å². The SMILES string of the molecule is CCCCCCCOC(=O)CCCCCCCCN(CC)CCCCCCCCC(=O)OCCCCCCC. The van der Waals surface area contributed by atoms with Crippen molar-refractivity contribution in [2.24, 2.45) is 0 Å². The van der Waals surface area contributed by atoms with E-state index in [0.717, 1.165) is 45.1 Å². The largest absolute Gasteiger partial charge is 0.466 e. The van der Waals surface area contributed by atoms with Crippen LogP contribution in [0.2, 0.25) is 0 Å². The Hall–Kier alpha value is -1.10. The summed E-state index contributed by atoms with van der Waals surface area (Å²) in [4.78, 5) is 26.2. The lowest BCUT2D eigenvalue weighted by Gasteiger charge is -2.20. The van der Waals surface area contributed by atoms with Crippen LogP contribution in [0.1, 0.15) is 175 Å². The van der Waals surface area contributed by atoms with Gasteiger partial charge in [0.15, 0.2) is 0 Å². The van der Waals surface area contributed by atoms with Crippen molar-refractivity contribution in [3.63, 3.8) is 0 Å². The average molecular weight is 554 g/mol. The Morgan fingerprint density at radius 2 is 0.769 bits per heavy atom. The zero-order valence-electron chi connectivity index (χ0n) is 26.6. The number of carbonyl (C=O) groups excluding carboxylic acids is 2. The maximum absolute atomic E-state index is 11.8. The van der Waals surface area contributed by atoms with Gasteiger partial charge in [0.1, 0.15) is 0 Å². The van der Waals surface area contributed by atoms with Crippen LogP contribution < -0.4 is 0 Å². The molecule has 0 aliphatic heterocycles. The predicted octanol–water partition coefficient (Wildman–Crippen LogP) is 9.80. The van der Waals surface area contributed by atoms with E-state index < -0.39 is 0 Å². The Bertz CT molecular complexity index is 481. The van der Waals surface area contributed by atoms with Gasteiger partial charge < -0.3 is 14.4 Å². The standard InChI is InChI=1S/C34H67NO4/c1-4-7-9-19-25-31-38-33(36)27-21-15-11-13-17-23-29-35(6-3)30-24-18-14-12-16-22-28-34(37)39-32-26-20-10-8-5-2/h4-32H2,1-3H3. The highest BCUT2D eigenvalue weighted by molar-refractivity contribution is 5.69. The molecule has 0 aliphatic rings. The summed E-state index contributed by atoms with van der Waals surface area (Å²) in [6.45, 7) is 11.5. The van der Waals surface area contributed by atoms with Crippen molar-refractivity contribution in [3.05, 3.63) is 0 Å². The Morgan fingerprint density at radius 3 is 1.15 bits per heavy atom. The summed E-state index contributed by atoms with van der Waals surface area (Å²) in [5.41, 5.74) is 0. The van der Waals surface area contributed by atoms with Gasteiger partial charge in [0.2, 0.25) is 0 Å². The molecule has 0 bridgehead atoms. The summed E-state index contributed by atoms with van der Waals surface area (Å²) >= 11 is 0. The van der Waals surface area contributed by atoms with Crippen LogP contribution in [0.25, 0.3) is 0 Å². The molecule has 0 rings (SSSR count). The fraction of sp³-hybridized carbons (Fsp3) is 0.941. The van der Waals surface area contributed by atoms with Gasteiger partial charge in [-0.2, -0.15) is 0 Å². The fourth-order valence-corrected chi connectivity index (χ4v) is 4.98. The maximum Gasteiger partial charge on any atom is 0.305 e. The van der Waals surface area contributed by atoms with Crippen LogP contribution in [0, 0.1) is 0 Å². The molecule has 0 atom stereocenters.